The highest BCUT2D eigenvalue weighted by Crippen LogP contribution is 2.39. The largest absolute Gasteiger partial charge is 0.481 e. The van der Waals surface area contributed by atoms with E-state index in [1.165, 1.54) is 47.5 Å². The molecule has 1 saturated carbocycles. The van der Waals surface area contributed by atoms with Crippen LogP contribution in [-0.4, -0.2) is 53.1 Å². The molecule has 0 radical (unpaired) electrons. The second kappa shape index (κ2) is 14.9. The molecule has 2 fully saturated rings. The van der Waals surface area contributed by atoms with Crippen LogP contribution in [0.4, 0.5) is 0 Å². The van der Waals surface area contributed by atoms with Gasteiger partial charge in [0.1, 0.15) is 12.2 Å². The maximum atomic E-state index is 13.5. The van der Waals surface area contributed by atoms with Gasteiger partial charge >= 0.3 is 5.97 Å². The molecule has 1 unspecified atom stereocenters. The summed E-state index contributed by atoms with van der Waals surface area (Å²) in [6.45, 7) is 11.3. The third kappa shape index (κ3) is 8.20. The van der Waals surface area contributed by atoms with Crippen LogP contribution in [0.3, 0.4) is 0 Å². The maximum absolute atomic E-state index is 13.5. The highest BCUT2D eigenvalue weighted by Gasteiger charge is 2.39. The summed E-state index contributed by atoms with van der Waals surface area (Å²) in [5, 5.41) is 15.7. The van der Waals surface area contributed by atoms with Crippen molar-refractivity contribution < 1.29 is 19.5 Å². The van der Waals surface area contributed by atoms with E-state index >= 15 is 0 Å². The van der Waals surface area contributed by atoms with E-state index in [0.29, 0.717) is 10.8 Å². The molecule has 3 heterocycles. The number of thiophene rings is 1. The summed E-state index contributed by atoms with van der Waals surface area (Å²) in [5.74, 6) is 0.245. The number of allylic oxidation sites excluding steroid dienone is 1. The smallest absolute Gasteiger partial charge is 0.310 e. The van der Waals surface area contributed by atoms with Crippen molar-refractivity contribution in [3.63, 3.8) is 0 Å². The van der Waals surface area contributed by atoms with E-state index in [2.05, 4.69) is 69.5 Å². The number of rotatable bonds is 10. The molecule has 2 aliphatic heterocycles. The third-order valence-corrected chi connectivity index (χ3v) is 12.1. The molecule has 3 aromatic rings. The number of carboxylic acids is 1. The minimum atomic E-state index is -0.910. The maximum Gasteiger partial charge on any atom is 0.310 e. The first-order valence-electron chi connectivity index (χ1n) is 18.0. The molecule has 0 bridgehead atoms. The number of nitrogens with one attached hydrogen (secondary N) is 2. The van der Waals surface area contributed by atoms with E-state index < -0.39 is 17.9 Å². The van der Waals surface area contributed by atoms with E-state index in [1.54, 1.807) is 6.07 Å². The molecule has 3 N–H and O–H groups in total. The first kappa shape index (κ1) is 35.6. The SMILES string of the molecule is CC(C)[C@H]1CC[C@H](c2ccc(C3=CNC(c4ccc(C[C@H](NC(=O)c5ccc(C(C)(C)C)s5)C(=O)N5CC(C(=O)O)C5)cc4)N=C3)cc2)CC1. The average molecular weight is 695 g/mol. The lowest BCUT2D eigenvalue weighted by Crippen LogP contribution is -2.59. The van der Waals surface area contributed by atoms with Gasteiger partial charge in [0.2, 0.25) is 5.91 Å². The summed E-state index contributed by atoms with van der Waals surface area (Å²) in [7, 11) is 0. The number of aliphatic imine (C=N–C) groups is 1. The number of hydrogen-bond acceptors (Lipinski definition) is 6. The number of carbonyl (C=O) groups excluding carboxylic acids is 2. The number of carbonyl (C=O) groups is 3. The van der Waals surface area contributed by atoms with Crippen molar-refractivity contribution in [3.8, 4) is 0 Å². The topological polar surface area (TPSA) is 111 Å². The lowest BCUT2D eigenvalue weighted by molar-refractivity contribution is -0.153. The summed E-state index contributed by atoms with van der Waals surface area (Å²) < 4.78 is 0. The van der Waals surface area contributed by atoms with Gasteiger partial charge in [-0.25, -0.2) is 0 Å². The summed E-state index contributed by atoms with van der Waals surface area (Å²) >= 11 is 1.42. The Hall–Kier alpha value is -4.24. The van der Waals surface area contributed by atoms with Crippen molar-refractivity contribution in [3.05, 3.63) is 98.9 Å². The number of nitrogens with zero attached hydrogens (tertiary/aromatic N) is 2. The molecule has 3 aliphatic rings. The number of carboxylic acid groups (broad SMARTS) is 1. The highest BCUT2D eigenvalue weighted by molar-refractivity contribution is 7.14. The Labute approximate surface area is 300 Å². The predicted molar refractivity (Wildman–Crippen MR) is 200 cm³/mol. The van der Waals surface area contributed by atoms with Gasteiger partial charge < -0.3 is 20.6 Å². The number of aliphatic carboxylic acids is 1. The molecule has 2 amide bonds. The Bertz CT molecular complexity index is 1740. The Kier molecular flexibility index (Phi) is 10.6. The highest BCUT2D eigenvalue weighted by atomic mass is 32.1. The minimum Gasteiger partial charge on any atom is -0.481 e. The van der Waals surface area contributed by atoms with Gasteiger partial charge in [-0.3, -0.25) is 19.4 Å². The number of benzene rings is 2. The summed E-state index contributed by atoms with van der Waals surface area (Å²) in [6.07, 6.45) is 9.21. The van der Waals surface area contributed by atoms with Crippen LogP contribution in [0.5, 0.6) is 0 Å². The molecule has 1 aromatic heterocycles. The Morgan fingerprint density at radius 1 is 0.940 bits per heavy atom. The standard InChI is InChI=1S/C41H50N4O4S/c1-25(2)27-10-12-28(13-11-27)29-14-16-30(17-15-29)32-21-42-37(43-22-32)31-8-6-26(7-9-31)20-34(39(47)45-23-33(24-45)40(48)49)44-38(46)35-18-19-36(50-35)41(3,4)5/h6-9,14-19,21-22,25,27-28,33-34,37,42H,10-13,20,23-24H2,1-5H3,(H,44,46)(H,48,49)/t27-,28-,34-,37?/m0/s1. The average Bonchev–Trinajstić information content (AvgIpc) is 3.60. The molecule has 8 nitrogen and oxygen atoms in total. The fourth-order valence-corrected chi connectivity index (χ4v) is 8.18. The van der Waals surface area contributed by atoms with Gasteiger partial charge in [0.25, 0.3) is 5.91 Å². The minimum absolute atomic E-state index is 0.0874. The second-order valence-corrected chi connectivity index (χ2v) is 16.7. The lowest BCUT2D eigenvalue weighted by Gasteiger charge is -2.38. The molecule has 50 heavy (non-hydrogen) atoms. The second-order valence-electron chi connectivity index (χ2n) is 15.6. The van der Waals surface area contributed by atoms with Crippen LogP contribution >= 0.6 is 11.3 Å². The van der Waals surface area contributed by atoms with Gasteiger partial charge in [-0.2, -0.15) is 0 Å². The van der Waals surface area contributed by atoms with E-state index in [0.717, 1.165) is 39.0 Å². The van der Waals surface area contributed by atoms with E-state index in [4.69, 9.17) is 4.99 Å². The fourth-order valence-electron chi connectivity index (χ4n) is 7.21. The van der Waals surface area contributed by atoms with Gasteiger partial charge in [0.05, 0.1) is 10.8 Å². The van der Waals surface area contributed by atoms with Crippen molar-refractivity contribution in [2.45, 2.75) is 90.3 Å². The monoisotopic (exact) mass is 694 g/mol. The molecule has 2 atom stereocenters. The Morgan fingerprint density at radius 2 is 1.60 bits per heavy atom. The molecule has 2 aromatic carbocycles. The molecular weight excluding hydrogens is 645 g/mol. The number of likely N-dealkylation sites (tertiary alicyclic amines) is 1. The normalized spacial score (nSPS) is 21.6. The zero-order chi connectivity index (χ0) is 35.6. The van der Waals surface area contributed by atoms with Crippen LogP contribution in [0.2, 0.25) is 0 Å². The van der Waals surface area contributed by atoms with E-state index in [-0.39, 0.29) is 42.9 Å². The van der Waals surface area contributed by atoms with E-state index in [1.807, 2.05) is 42.7 Å². The molecule has 6 rings (SSSR count). The van der Waals surface area contributed by atoms with Gasteiger partial charge in [0, 0.05) is 42.4 Å². The molecule has 1 aliphatic carbocycles. The van der Waals surface area contributed by atoms with Gasteiger partial charge in [0.15, 0.2) is 0 Å². The quantitative estimate of drug-likeness (QED) is 0.203. The van der Waals surface area contributed by atoms with Gasteiger partial charge in [-0.1, -0.05) is 83.1 Å². The van der Waals surface area contributed by atoms with Crippen LogP contribution in [0.25, 0.3) is 5.57 Å². The molecule has 264 valence electrons. The first-order valence-corrected chi connectivity index (χ1v) is 18.8. The van der Waals surface area contributed by atoms with Crippen molar-refractivity contribution in [2.75, 3.05) is 13.1 Å². The predicted octanol–water partition coefficient (Wildman–Crippen LogP) is 7.57. The molecular formula is C41H50N4O4S. The molecule has 1 saturated heterocycles. The molecule has 0 spiro atoms. The Morgan fingerprint density at radius 3 is 2.16 bits per heavy atom. The zero-order valence-electron chi connectivity index (χ0n) is 29.8. The van der Waals surface area contributed by atoms with Crippen molar-refractivity contribution >= 4 is 40.9 Å². The van der Waals surface area contributed by atoms with Crippen LogP contribution in [0, 0.1) is 17.8 Å². The Balaban J connectivity index is 1.07. The number of hydrogen-bond donors (Lipinski definition) is 3. The fraction of sp³-hybridized carbons (Fsp3) is 0.463. The summed E-state index contributed by atoms with van der Waals surface area (Å²) in [4.78, 5) is 46.1. The summed E-state index contributed by atoms with van der Waals surface area (Å²) in [5.41, 5.74) is 5.41. The van der Waals surface area contributed by atoms with Crippen LogP contribution < -0.4 is 10.6 Å². The number of amides is 2. The lowest BCUT2D eigenvalue weighted by atomic mass is 9.74. The summed E-state index contributed by atoms with van der Waals surface area (Å²) in [6, 6.07) is 19.8. The van der Waals surface area contributed by atoms with Gasteiger partial charge in [-0.05, 0) is 83.2 Å². The van der Waals surface area contributed by atoms with E-state index in [9.17, 15) is 19.5 Å². The first-order chi connectivity index (χ1) is 23.9. The van der Waals surface area contributed by atoms with Crippen LogP contribution in [0.15, 0.2) is 71.9 Å². The van der Waals surface area contributed by atoms with Crippen LogP contribution in [-0.2, 0) is 21.4 Å². The zero-order valence-corrected chi connectivity index (χ0v) is 30.6. The van der Waals surface area contributed by atoms with Crippen LogP contribution in [0.1, 0.15) is 109 Å². The molecule has 9 heteroatoms. The van der Waals surface area contributed by atoms with Gasteiger partial charge in [-0.15, -0.1) is 11.3 Å². The third-order valence-electron chi connectivity index (χ3n) is 10.6. The van der Waals surface area contributed by atoms with Crippen molar-refractivity contribution in [2.24, 2.45) is 22.7 Å². The van der Waals surface area contributed by atoms with Crippen molar-refractivity contribution in [1.82, 2.24) is 15.5 Å². The van der Waals surface area contributed by atoms with Crippen molar-refractivity contribution in [1.29, 1.82) is 0 Å².